The summed E-state index contributed by atoms with van der Waals surface area (Å²) in [6.07, 6.45) is 8.06. The van der Waals surface area contributed by atoms with Crippen molar-refractivity contribution >= 4 is 35.0 Å². The van der Waals surface area contributed by atoms with Gasteiger partial charge in [-0.25, -0.2) is 0 Å². The Hall–Kier alpha value is -1.49. The van der Waals surface area contributed by atoms with Gasteiger partial charge in [-0.1, -0.05) is 18.9 Å². The number of carbonyl (C=O) groups is 2. The fourth-order valence-electron chi connectivity index (χ4n) is 3.68. The van der Waals surface area contributed by atoms with Crippen LogP contribution < -0.4 is 10.2 Å². The van der Waals surface area contributed by atoms with Crippen molar-refractivity contribution in [1.29, 1.82) is 0 Å². The molecular formula is C19H24N2O2S. The summed E-state index contributed by atoms with van der Waals surface area (Å²) >= 11 is 1.78. The van der Waals surface area contributed by atoms with Crippen LogP contribution in [-0.2, 0) is 16.0 Å². The maximum Gasteiger partial charge on any atom is 0.234 e. The average Bonchev–Trinajstić information content (AvgIpc) is 3.14. The van der Waals surface area contributed by atoms with E-state index in [1.807, 2.05) is 17.0 Å². The fraction of sp³-hybridized carbons (Fsp3) is 0.579. The maximum atomic E-state index is 12.4. The van der Waals surface area contributed by atoms with Gasteiger partial charge in [0.1, 0.15) is 0 Å². The Labute approximate surface area is 147 Å². The van der Waals surface area contributed by atoms with Crippen LogP contribution in [0.2, 0.25) is 0 Å². The summed E-state index contributed by atoms with van der Waals surface area (Å²) in [5.74, 6) is 1.07. The van der Waals surface area contributed by atoms with E-state index >= 15 is 0 Å². The van der Waals surface area contributed by atoms with Crippen molar-refractivity contribution in [3.63, 3.8) is 0 Å². The zero-order valence-corrected chi connectivity index (χ0v) is 14.7. The second-order valence-electron chi connectivity index (χ2n) is 7.12. The van der Waals surface area contributed by atoms with Gasteiger partial charge in [-0.05, 0) is 49.8 Å². The van der Waals surface area contributed by atoms with E-state index in [-0.39, 0.29) is 17.7 Å². The average molecular weight is 344 g/mol. The second-order valence-corrected chi connectivity index (χ2v) is 8.41. The van der Waals surface area contributed by atoms with Crippen LogP contribution in [0.15, 0.2) is 18.2 Å². The van der Waals surface area contributed by atoms with Crippen molar-refractivity contribution in [2.45, 2.75) is 50.2 Å². The topological polar surface area (TPSA) is 49.4 Å². The predicted molar refractivity (Wildman–Crippen MR) is 98.6 cm³/mol. The largest absolute Gasteiger partial charge is 0.325 e. The van der Waals surface area contributed by atoms with Crippen LogP contribution in [0.25, 0.3) is 0 Å². The van der Waals surface area contributed by atoms with Crippen molar-refractivity contribution in [1.82, 2.24) is 0 Å². The van der Waals surface area contributed by atoms with Gasteiger partial charge in [-0.15, -0.1) is 11.8 Å². The van der Waals surface area contributed by atoms with Gasteiger partial charge in [-0.3, -0.25) is 9.59 Å². The van der Waals surface area contributed by atoms with E-state index < -0.39 is 0 Å². The number of nitrogens with one attached hydrogen (secondary N) is 1. The number of thioether (sulfide) groups is 1. The molecule has 2 saturated carbocycles. The highest BCUT2D eigenvalue weighted by atomic mass is 32.2. The first-order valence-electron chi connectivity index (χ1n) is 9.06. The zero-order valence-electron chi connectivity index (χ0n) is 13.9. The Morgan fingerprint density at radius 1 is 1.17 bits per heavy atom. The number of hydrogen-bond donors (Lipinski definition) is 1. The number of nitrogens with zero attached hydrogens (tertiary/aromatic N) is 1. The summed E-state index contributed by atoms with van der Waals surface area (Å²) in [6.45, 7) is 0.777. The third-order valence-corrected chi connectivity index (χ3v) is 6.58. The molecule has 4 rings (SSSR count). The van der Waals surface area contributed by atoms with Gasteiger partial charge in [0, 0.05) is 29.1 Å². The Balaban J connectivity index is 1.38. The molecule has 0 saturated heterocycles. The molecule has 5 heteroatoms. The molecule has 2 aliphatic carbocycles. The van der Waals surface area contributed by atoms with Crippen molar-refractivity contribution in [3.8, 4) is 0 Å². The predicted octanol–water partition coefficient (Wildman–Crippen LogP) is 3.60. The van der Waals surface area contributed by atoms with Crippen molar-refractivity contribution in [2.24, 2.45) is 5.92 Å². The van der Waals surface area contributed by atoms with Crippen LogP contribution >= 0.6 is 11.8 Å². The molecule has 1 aromatic rings. The summed E-state index contributed by atoms with van der Waals surface area (Å²) in [5, 5.41) is 3.66. The van der Waals surface area contributed by atoms with E-state index in [2.05, 4.69) is 11.4 Å². The van der Waals surface area contributed by atoms with Crippen LogP contribution in [0, 0.1) is 5.92 Å². The SMILES string of the molecule is O=C(CSC1CCCC1)Nc1ccc2c(c1)N(C(=O)C1CC1)CC2. The molecule has 0 unspecified atom stereocenters. The molecule has 3 aliphatic rings. The van der Waals surface area contributed by atoms with E-state index in [1.54, 1.807) is 11.8 Å². The van der Waals surface area contributed by atoms with Crippen molar-refractivity contribution < 1.29 is 9.59 Å². The van der Waals surface area contributed by atoms with Crippen LogP contribution in [0.3, 0.4) is 0 Å². The molecule has 0 bridgehead atoms. The fourth-order valence-corrected chi connectivity index (χ4v) is 4.81. The zero-order chi connectivity index (χ0) is 16.5. The number of benzene rings is 1. The molecule has 0 spiro atoms. The van der Waals surface area contributed by atoms with Gasteiger partial charge in [0.25, 0.3) is 0 Å². The standard InChI is InChI=1S/C19H24N2O2S/c22-18(12-24-16-3-1-2-4-16)20-15-8-7-13-9-10-21(17(13)11-15)19(23)14-5-6-14/h7-8,11,14,16H,1-6,9-10,12H2,(H,20,22). The third kappa shape index (κ3) is 3.46. The minimum atomic E-state index is 0.0601. The Morgan fingerprint density at radius 3 is 2.71 bits per heavy atom. The lowest BCUT2D eigenvalue weighted by Crippen LogP contribution is -2.30. The molecule has 0 aromatic heterocycles. The lowest BCUT2D eigenvalue weighted by Gasteiger charge is -2.18. The molecule has 2 fully saturated rings. The number of rotatable bonds is 5. The molecule has 1 heterocycles. The quantitative estimate of drug-likeness (QED) is 0.888. The van der Waals surface area contributed by atoms with Gasteiger partial charge in [0.05, 0.1) is 5.75 Å². The Kier molecular flexibility index (Phi) is 4.53. The number of carbonyl (C=O) groups excluding carboxylic acids is 2. The lowest BCUT2D eigenvalue weighted by atomic mass is 10.1. The van der Waals surface area contributed by atoms with Crippen LogP contribution in [0.5, 0.6) is 0 Å². The summed E-state index contributed by atoms with van der Waals surface area (Å²) in [6, 6.07) is 5.98. The number of anilines is 2. The van der Waals surface area contributed by atoms with Gasteiger partial charge in [0.2, 0.25) is 11.8 Å². The van der Waals surface area contributed by atoms with Crippen LogP contribution in [-0.4, -0.2) is 29.4 Å². The second kappa shape index (κ2) is 6.79. The first kappa shape index (κ1) is 16.0. The van der Waals surface area contributed by atoms with Gasteiger partial charge in [-0.2, -0.15) is 0 Å². The van der Waals surface area contributed by atoms with E-state index in [4.69, 9.17) is 0 Å². The summed E-state index contributed by atoms with van der Waals surface area (Å²) in [7, 11) is 0. The highest BCUT2D eigenvalue weighted by Gasteiger charge is 2.36. The molecule has 0 atom stereocenters. The summed E-state index contributed by atoms with van der Waals surface area (Å²) in [4.78, 5) is 26.5. The van der Waals surface area contributed by atoms with Crippen molar-refractivity contribution in [2.75, 3.05) is 22.5 Å². The molecular weight excluding hydrogens is 320 g/mol. The molecule has 1 N–H and O–H groups in total. The number of fused-ring (bicyclic) bond motifs is 1. The van der Waals surface area contributed by atoms with Crippen molar-refractivity contribution in [3.05, 3.63) is 23.8 Å². The van der Waals surface area contributed by atoms with E-state index in [0.29, 0.717) is 11.0 Å². The maximum absolute atomic E-state index is 12.4. The molecule has 4 nitrogen and oxygen atoms in total. The lowest BCUT2D eigenvalue weighted by molar-refractivity contribution is -0.119. The van der Waals surface area contributed by atoms with Crippen LogP contribution in [0.1, 0.15) is 44.1 Å². The van der Waals surface area contributed by atoms with Crippen LogP contribution in [0.4, 0.5) is 11.4 Å². The third-order valence-electron chi connectivity index (χ3n) is 5.21. The van der Waals surface area contributed by atoms with Gasteiger partial charge >= 0.3 is 0 Å². The first-order valence-corrected chi connectivity index (χ1v) is 10.1. The van der Waals surface area contributed by atoms with E-state index in [0.717, 1.165) is 37.2 Å². The summed E-state index contributed by atoms with van der Waals surface area (Å²) < 4.78 is 0. The molecule has 128 valence electrons. The van der Waals surface area contributed by atoms with E-state index in [9.17, 15) is 9.59 Å². The number of hydrogen-bond acceptors (Lipinski definition) is 3. The highest BCUT2D eigenvalue weighted by Crippen LogP contribution is 2.37. The molecule has 24 heavy (non-hydrogen) atoms. The Bertz CT molecular complexity index is 651. The van der Waals surface area contributed by atoms with Gasteiger partial charge < -0.3 is 10.2 Å². The molecule has 0 radical (unpaired) electrons. The van der Waals surface area contributed by atoms with E-state index in [1.165, 1.54) is 31.2 Å². The minimum absolute atomic E-state index is 0.0601. The monoisotopic (exact) mass is 344 g/mol. The first-order chi connectivity index (χ1) is 11.7. The highest BCUT2D eigenvalue weighted by molar-refractivity contribution is 8.00. The minimum Gasteiger partial charge on any atom is -0.325 e. The number of amides is 2. The molecule has 2 amide bonds. The smallest absolute Gasteiger partial charge is 0.234 e. The Morgan fingerprint density at radius 2 is 1.96 bits per heavy atom. The normalized spacial score (nSPS) is 20.2. The molecule has 1 aromatic carbocycles. The summed E-state index contributed by atoms with van der Waals surface area (Å²) in [5.41, 5.74) is 3.01. The van der Waals surface area contributed by atoms with Gasteiger partial charge in [0.15, 0.2) is 0 Å². The molecule has 1 aliphatic heterocycles.